The van der Waals surface area contributed by atoms with Crippen LogP contribution in [0.5, 0.6) is 0 Å². The molecule has 192 valence electrons. The van der Waals surface area contributed by atoms with Crippen molar-refractivity contribution in [2.45, 2.75) is 26.8 Å². The summed E-state index contributed by atoms with van der Waals surface area (Å²) in [6.45, 7) is 6.66. The van der Waals surface area contributed by atoms with E-state index in [4.69, 9.17) is 11.6 Å². The largest absolute Gasteiger partial charge is 0.367 e. The molecule has 0 saturated carbocycles. The first-order valence-electron chi connectivity index (χ1n) is 11.8. The minimum absolute atomic E-state index is 0.0482. The maximum atomic E-state index is 12.8. The Bertz CT molecular complexity index is 1500. The highest BCUT2D eigenvalue weighted by Crippen LogP contribution is 2.35. The number of azo groups is 1. The Labute approximate surface area is 223 Å². The maximum Gasteiger partial charge on any atom is 0.272 e. The zero-order valence-electron chi connectivity index (χ0n) is 20.9. The molecule has 10 nitrogen and oxygen atoms in total. The standard InChI is InChI=1S/C27H23ClN6O4/c1-4-32(17(3)15-33-26(35)21-7-5-6-8-22(21)27(33)36)19-9-10-24(16(2)11-19)30-31-25-18(14-29)12-20(34(37)38)13-23(25)28/h5-13,17H,4,15H2,1-3H3/b31-30+. The van der Waals surface area contributed by atoms with Crippen LogP contribution in [-0.4, -0.2) is 40.8 Å². The van der Waals surface area contributed by atoms with Crippen molar-refractivity contribution in [2.24, 2.45) is 10.2 Å². The monoisotopic (exact) mass is 530 g/mol. The van der Waals surface area contributed by atoms with Crippen LogP contribution in [0.2, 0.25) is 5.02 Å². The average Bonchev–Trinajstić information content (AvgIpc) is 3.13. The maximum absolute atomic E-state index is 12.8. The lowest BCUT2D eigenvalue weighted by molar-refractivity contribution is -0.384. The molecule has 0 saturated heterocycles. The molecule has 1 aliphatic rings. The fourth-order valence-electron chi connectivity index (χ4n) is 4.43. The molecule has 11 heteroatoms. The van der Waals surface area contributed by atoms with Crippen molar-refractivity contribution in [3.63, 3.8) is 0 Å². The number of hydrogen-bond acceptors (Lipinski definition) is 8. The van der Waals surface area contributed by atoms with Crippen LogP contribution in [0.3, 0.4) is 0 Å². The predicted octanol–water partition coefficient (Wildman–Crippen LogP) is 6.35. The predicted molar refractivity (Wildman–Crippen MR) is 142 cm³/mol. The first-order chi connectivity index (χ1) is 18.2. The minimum atomic E-state index is -0.634. The zero-order valence-corrected chi connectivity index (χ0v) is 21.6. The Hall–Kier alpha value is -4.62. The second-order valence-corrected chi connectivity index (χ2v) is 9.17. The molecule has 1 aliphatic heterocycles. The molecular weight excluding hydrogens is 508 g/mol. The normalized spacial score (nSPS) is 13.5. The van der Waals surface area contributed by atoms with Crippen LogP contribution < -0.4 is 4.90 Å². The summed E-state index contributed by atoms with van der Waals surface area (Å²) < 4.78 is 0. The third-order valence-corrected chi connectivity index (χ3v) is 6.64. The summed E-state index contributed by atoms with van der Waals surface area (Å²) in [7, 11) is 0. The van der Waals surface area contributed by atoms with Gasteiger partial charge in [-0.1, -0.05) is 23.7 Å². The lowest BCUT2D eigenvalue weighted by Gasteiger charge is -2.32. The Kier molecular flexibility index (Phi) is 7.50. The molecule has 0 aliphatic carbocycles. The number of halogens is 1. The highest BCUT2D eigenvalue weighted by molar-refractivity contribution is 6.33. The smallest absolute Gasteiger partial charge is 0.272 e. The average molecular weight is 531 g/mol. The zero-order chi connectivity index (χ0) is 27.6. The van der Waals surface area contributed by atoms with Crippen LogP contribution in [-0.2, 0) is 0 Å². The van der Waals surface area contributed by atoms with Crippen molar-refractivity contribution in [3.8, 4) is 6.07 Å². The van der Waals surface area contributed by atoms with E-state index in [-0.39, 0.29) is 46.4 Å². The Morgan fingerprint density at radius 2 is 1.76 bits per heavy atom. The van der Waals surface area contributed by atoms with E-state index < -0.39 is 4.92 Å². The van der Waals surface area contributed by atoms with Crippen LogP contribution in [0.4, 0.5) is 22.7 Å². The van der Waals surface area contributed by atoms with Gasteiger partial charge in [0.25, 0.3) is 17.5 Å². The fourth-order valence-corrected chi connectivity index (χ4v) is 4.68. The number of non-ortho nitro benzene ring substituents is 1. The van der Waals surface area contributed by atoms with E-state index >= 15 is 0 Å². The van der Waals surface area contributed by atoms with Gasteiger partial charge in [-0.05, 0) is 56.7 Å². The summed E-state index contributed by atoms with van der Waals surface area (Å²) in [6.07, 6.45) is 0. The lowest BCUT2D eigenvalue weighted by atomic mass is 10.1. The van der Waals surface area contributed by atoms with E-state index in [1.165, 1.54) is 4.90 Å². The van der Waals surface area contributed by atoms with Gasteiger partial charge in [0, 0.05) is 37.0 Å². The van der Waals surface area contributed by atoms with E-state index in [1.54, 1.807) is 30.3 Å². The molecule has 0 fully saturated rings. The number of rotatable bonds is 8. The van der Waals surface area contributed by atoms with Crippen LogP contribution in [0.15, 0.2) is 64.8 Å². The Morgan fingerprint density at radius 3 is 2.32 bits per heavy atom. The molecule has 1 atom stereocenters. The summed E-state index contributed by atoms with van der Waals surface area (Å²) >= 11 is 6.14. The lowest BCUT2D eigenvalue weighted by Crippen LogP contribution is -2.44. The van der Waals surface area contributed by atoms with E-state index in [2.05, 4.69) is 15.1 Å². The molecule has 0 N–H and O–H groups in total. The van der Waals surface area contributed by atoms with Crippen molar-refractivity contribution in [3.05, 3.63) is 92.0 Å². The first-order valence-corrected chi connectivity index (χ1v) is 12.2. The summed E-state index contributed by atoms with van der Waals surface area (Å²) in [5.74, 6) is -0.579. The van der Waals surface area contributed by atoms with Crippen molar-refractivity contribution in [1.82, 2.24) is 4.90 Å². The van der Waals surface area contributed by atoms with Crippen molar-refractivity contribution in [1.29, 1.82) is 5.26 Å². The number of likely N-dealkylation sites (N-methyl/N-ethyl adjacent to an activating group) is 1. The molecule has 1 heterocycles. The second kappa shape index (κ2) is 10.8. The van der Waals surface area contributed by atoms with E-state index in [0.717, 1.165) is 23.4 Å². The third-order valence-electron chi connectivity index (χ3n) is 6.35. The molecule has 4 rings (SSSR count). The topological polar surface area (TPSA) is 132 Å². The van der Waals surface area contributed by atoms with Crippen molar-refractivity contribution >= 4 is 46.2 Å². The van der Waals surface area contributed by atoms with Gasteiger partial charge in [-0.2, -0.15) is 10.4 Å². The Morgan fingerprint density at radius 1 is 1.11 bits per heavy atom. The number of nitriles is 1. The van der Waals surface area contributed by atoms with Gasteiger partial charge in [-0.15, -0.1) is 5.11 Å². The number of benzene rings is 3. The summed E-state index contributed by atoms with van der Waals surface area (Å²) in [5, 5.41) is 28.7. The number of carbonyl (C=O) groups excluding carboxylic acids is 2. The molecule has 3 aromatic rings. The van der Waals surface area contributed by atoms with Crippen molar-refractivity contribution < 1.29 is 14.5 Å². The fraction of sp³-hybridized carbons (Fsp3) is 0.222. The number of nitro benzene ring substituents is 1. The highest BCUT2D eigenvalue weighted by atomic mass is 35.5. The summed E-state index contributed by atoms with van der Waals surface area (Å²) in [6, 6.07) is 16.3. The second-order valence-electron chi connectivity index (χ2n) is 8.76. The number of nitro groups is 1. The first kappa shape index (κ1) is 26.4. The molecule has 0 bridgehead atoms. The number of fused-ring (bicyclic) bond motifs is 1. The van der Waals surface area contributed by atoms with Crippen LogP contribution in [0, 0.1) is 28.4 Å². The number of aryl methyl sites for hydroxylation is 1. The number of amides is 2. The quantitative estimate of drug-likeness (QED) is 0.144. The summed E-state index contributed by atoms with van der Waals surface area (Å²) in [4.78, 5) is 39.4. The molecule has 1 unspecified atom stereocenters. The molecule has 0 spiro atoms. The Balaban J connectivity index is 1.54. The van der Waals surface area contributed by atoms with Gasteiger partial charge in [0.2, 0.25) is 0 Å². The van der Waals surface area contributed by atoms with E-state index in [0.29, 0.717) is 23.4 Å². The highest BCUT2D eigenvalue weighted by Gasteiger charge is 2.36. The van der Waals surface area contributed by atoms with Crippen LogP contribution >= 0.6 is 11.6 Å². The molecule has 0 aromatic heterocycles. The van der Waals surface area contributed by atoms with E-state index in [1.807, 2.05) is 39.0 Å². The van der Waals surface area contributed by atoms with Gasteiger partial charge >= 0.3 is 0 Å². The van der Waals surface area contributed by atoms with Gasteiger partial charge in [-0.3, -0.25) is 24.6 Å². The molecular formula is C27H23ClN6O4. The third kappa shape index (κ3) is 4.96. The number of hydrogen-bond donors (Lipinski definition) is 0. The van der Waals surface area contributed by atoms with E-state index in [9.17, 15) is 25.0 Å². The molecule has 38 heavy (non-hydrogen) atoms. The van der Waals surface area contributed by atoms with Gasteiger partial charge in [0.1, 0.15) is 11.8 Å². The number of carbonyl (C=O) groups is 2. The van der Waals surface area contributed by atoms with Gasteiger partial charge in [-0.25, -0.2) is 0 Å². The minimum Gasteiger partial charge on any atom is -0.367 e. The SMILES string of the molecule is CCN(c1ccc(/N=N/c2c(Cl)cc([N+](=O)[O-])cc2C#N)c(C)c1)C(C)CN1C(=O)c2ccccc2C1=O. The van der Waals surface area contributed by atoms with Gasteiger partial charge in [0.05, 0.1) is 32.3 Å². The molecule has 2 amide bonds. The van der Waals surface area contributed by atoms with Crippen molar-refractivity contribution in [2.75, 3.05) is 18.0 Å². The van der Waals surface area contributed by atoms with Gasteiger partial charge < -0.3 is 4.90 Å². The molecule has 0 radical (unpaired) electrons. The number of nitrogens with zero attached hydrogens (tertiary/aromatic N) is 6. The summed E-state index contributed by atoms with van der Waals surface area (Å²) in [5.41, 5.74) is 2.72. The molecule has 3 aromatic carbocycles. The number of anilines is 1. The van der Waals surface area contributed by atoms with Crippen LogP contribution in [0.1, 0.15) is 45.7 Å². The van der Waals surface area contributed by atoms with Gasteiger partial charge in [0.15, 0.2) is 0 Å². The van der Waals surface area contributed by atoms with Crippen LogP contribution in [0.25, 0.3) is 0 Å². The number of imide groups is 1.